The lowest BCUT2D eigenvalue weighted by Gasteiger charge is -2.25. The Balaban J connectivity index is 2.21. The van der Waals surface area contributed by atoms with Gasteiger partial charge < -0.3 is 4.74 Å². The Morgan fingerprint density at radius 1 is 1.22 bits per heavy atom. The highest BCUT2D eigenvalue weighted by atomic mass is 16.5. The molecule has 0 saturated heterocycles. The molecule has 1 aliphatic carbocycles. The van der Waals surface area contributed by atoms with Crippen LogP contribution in [0.5, 0.6) is 0 Å². The normalized spacial score (nSPS) is 32.8. The van der Waals surface area contributed by atoms with E-state index < -0.39 is 0 Å². The highest BCUT2D eigenvalue weighted by Crippen LogP contribution is 2.32. The maximum atomic E-state index is 12.2. The molecule has 3 nitrogen and oxygen atoms in total. The van der Waals surface area contributed by atoms with Gasteiger partial charge in [-0.15, -0.1) is 0 Å². The lowest BCUT2D eigenvalue weighted by molar-refractivity contribution is -0.142. The third-order valence-electron chi connectivity index (χ3n) is 5.14. The molecule has 0 amide bonds. The summed E-state index contributed by atoms with van der Waals surface area (Å²) in [7, 11) is 0. The fourth-order valence-electron chi connectivity index (χ4n) is 3.60. The second-order valence-corrected chi connectivity index (χ2v) is 7.66. The van der Waals surface area contributed by atoms with Crippen LogP contribution in [0.15, 0.2) is 23.3 Å². The summed E-state index contributed by atoms with van der Waals surface area (Å²) in [6.07, 6.45) is 8.98. The molecule has 0 aromatic heterocycles. The first-order chi connectivity index (χ1) is 10.9. The lowest BCUT2D eigenvalue weighted by atomic mass is 9.84. The number of ether oxygens (including phenoxy) is 1. The maximum absolute atomic E-state index is 12.2. The van der Waals surface area contributed by atoms with E-state index >= 15 is 0 Å². The van der Waals surface area contributed by atoms with E-state index in [0.717, 1.165) is 25.7 Å². The summed E-state index contributed by atoms with van der Waals surface area (Å²) < 4.78 is 5.58. The van der Waals surface area contributed by atoms with Crippen LogP contribution in [-0.4, -0.2) is 17.9 Å². The van der Waals surface area contributed by atoms with E-state index in [-0.39, 0.29) is 24.3 Å². The summed E-state index contributed by atoms with van der Waals surface area (Å²) in [6.45, 7) is 8.66. The second kappa shape index (κ2) is 7.94. The van der Waals surface area contributed by atoms with Crippen molar-refractivity contribution in [1.29, 1.82) is 0 Å². The first-order valence-electron chi connectivity index (χ1n) is 8.95. The summed E-state index contributed by atoms with van der Waals surface area (Å²) in [5, 5.41) is 0. The molecule has 1 aliphatic heterocycles. The molecule has 0 aromatic rings. The van der Waals surface area contributed by atoms with E-state index in [1.54, 1.807) is 0 Å². The molecule has 0 N–H and O–H groups in total. The first kappa shape index (κ1) is 18.0. The Morgan fingerprint density at radius 3 is 2.65 bits per heavy atom. The van der Waals surface area contributed by atoms with Gasteiger partial charge in [-0.25, -0.2) is 4.79 Å². The van der Waals surface area contributed by atoms with Crippen molar-refractivity contribution in [2.75, 3.05) is 0 Å². The minimum absolute atomic E-state index is 0.153. The zero-order chi connectivity index (χ0) is 17.0. The van der Waals surface area contributed by atoms with Crippen LogP contribution < -0.4 is 0 Å². The van der Waals surface area contributed by atoms with Gasteiger partial charge in [0.15, 0.2) is 0 Å². The Bertz CT molecular complexity index is 513. The number of allylic oxidation sites excluding steroid dienone is 2. The summed E-state index contributed by atoms with van der Waals surface area (Å²) in [4.78, 5) is 24.3. The minimum Gasteiger partial charge on any atom is -0.454 e. The minimum atomic E-state index is -0.288. The van der Waals surface area contributed by atoms with E-state index in [1.807, 2.05) is 6.08 Å². The number of carbonyl (C=O) groups is 2. The molecule has 2 aliphatic rings. The number of hydrogen-bond acceptors (Lipinski definition) is 3. The Hall–Kier alpha value is -1.38. The highest BCUT2D eigenvalue weighted by molar-refractivity contribution is 5.97. The van der Waals surface area contributed by atoms with Crippen LogP contribution in [0.1, 0.15) is 66.2 Å². The number of Topliss-reactive ketones (excluding diaryl/α,β-unsaturated/α-hetero) is 1. The monoisotopic (exact) mass is 318 g/mol. The molecule has 0 fully saturated rings. The topological polar surface area (TPSA) is 43.4 Å². The molecule has 3 atom stereocenters. The van der Waals surface area contributed by atoms with Crippen molar-refractivity contribution in [1.82, 2.24) is 0 Å². The van der Waals surface area contributed by atoms with Crippen molar-refractivity contribution in [3.8, 4) is 0 Å². The van der Waals surface area contributed by atoms with Crippen molar-refractivity contribution < 1.29 is 14.3 Å². The average molecular weight is 318 g/mol. The van der Waals surface area contributed by atoms with Crippen LogP contribution >= 0.6 is 0 Å². The fraction of sp³-hybridized carbons (Fsp3) is 0.700. The van der Waals surface area contributed by atoms with Gasteiger partial charge in [0.05, 0.1) is 0 Å². The van der Waals surface area contributed by atoms with Crippen LogP contribution in [0, 0.1) is 17.8 Å². The van der Waals surface area contributed by atoms with Crippen molar-refractivity contribution in [3.05, 3.63) is 23.3 Å². The number of hydrogen-bond donors (Lipinski definition) is 0. The quantitative estimate of drug-likeness (QED) is 0.523. The maximum Gasteiger partial charge on any atom is 0.334 e. The number of rotatable bonds is 1. The smallest absolute Gasteiger partial charge is 0.334 e. The zero-order valence-corrected chi connectivity index (χ0v) is 14.9. The van der Waals surface area contributed by atoms with Crippen LogP contribution in [0.4, 0.5) is 0 Å². The van der Waals surface area contributed by atoms with Gasteiger partial charge in [0, 0.05) is 24.3 Å². The Labute approximate surface area is 140 Å². The van der Waals surface area contributed by atoms with E-state index in [2.05, 4.69) is 33.8 Å². The van der Waals surface area contributed by atoms with Gasteiger partial charge in [-0.05, 0) is 50.5 Å². The zero-order valence-electron chi connectivity index (χ0n) is 14.9. The molecule has 128 valence electrons. The molecule has 2 bridgehead atoms. The average Bonchev–Trinajstić information content (AvgIpc) is 2.78. The van der Waals surface area contributed by atoms with Crippen molar-refractivity contribution >= 4 is 11.8 Å². The van der Waals surface area contributed by atoms with Crippen molar-refractivity contribution in [2.45, 2.75) is 72.3 Å². The van der Waals surface area contributed by atoms with Crippen LogP contribution in [0.3, 0.4) is 0 Å². The van der Waals surface area contributed by atoms with Gasteiger partial charge in [0.1, 0.15) is 11.9 Å². The largest absolute Gasteiger partial charge is 0.454 e. The van der Waals surface area contributed by atoms with Crippen LogP contribution in [0.2, 0.25) is 0 Å². The Morgan fingerprint density at radius 2 is 1.96 bits per heavy atom. The summed E-state index contributed by atoms with van der Waals surface area (Å²) in [6, 6.07) is 0. The first-order valence-corrected chi connectivity index (χ1v) is 8.95. The summed E-state index contributed by atoms with van der Waals surface area (Å²) in [5.74, 6) is 0.993. The fourth-order valence-corrected chi connectivity index (χ4v) is 3.60. The van der Waals surface area contributed by atoms with Gasteiger partial charge in [-0.2, -0.15) is 0 Å². The predicted molar refractivity (Wildman–Crippen MR) is 91.9 cm³/mol. The number of ketones is 1. The second-order valence-electron chi connectivity index (χ2n) is 7.66. The summed E-state index contributed by atoms with van der Waals surface area (Å²) >= 11 is 0. The molecule has 0 radical (unpaired) electrons. The van der Waals surface area contributed by atoms with Gasteiger partial charge in [-0.1, -0.05) is 32.4 Å². The molecule has 23 heavy (non-hydrogen) atoms. The number of carbonyl (C=O) groups excluding carboxylic acids is 2. The summed E-state index contributed by atoms with van der Waals surface area (Å²) in [5.41, 5.74) is 1.97. The van der Waals surface area contributed by atoms with Crippen molar-refractivity contribution in [2.24, 2.45) is 17.8 Å². The molecule has 0 aromatic carbocycles. The number of esters is 1. The molecule has 2 rings (SSSR count). The SMILES string of the molecule is C/C1=C/CCC(C)CC(=O)CC2=C[C@H](OC2=O)C(C(C)C)CC1. The van der Waals surface area contributed by atoms with Crippen molar-refractivity contribution in [3.63, 3.8) is 0 Å². The Kier molecular flexibility index (Phi) is 6.20. The van der Waals surface area contributed by atoms with Gasteiger partial charge in [-0.3, -0.25) is 4.79 Å². The highest BCUT2D eigenvalue weighted by Gasteiger charge is 2.33. The molecule has 0 saturated carbocycles. The molecule has 2 unspecified atom stereocenters. The molecular formula is C20H30O3. The van der Waals surface area contributed by atoms with Crippen LogP contribution in [0.25, 0.3) is 0 Å². The molecule has 0 spiro atoms. The van der Waals surface area contributed by atoms with Gasteiger partial charge >= 0.3 is 5.97 Å². The van der Waals surface area contributed by atoms with Gasteiger partial charge in [0.2, 0.25) is 0 Å². The van der Waals surface area contributed by atoms with Crippen LogP contribution in [-0.2, 0) is 14.3 Å². The van der Waals surface area contributed by atoms with Gasteiger partial charge in [0.25, 0.3) is 0 Å². The van der Waals surface area contributed by atoms with E-state index in [1.165, 1.54) is 5.57 Å². The third kappa shape index (κ3) is 5.05. The van der Waals surface area contributed by atoms with E-state index in [0.29, 0.717) is 29.7 Å². The molecule has 1 heterocycles. The van der Waals surface area contributed by atoms with E-state index in [9.17, 15) is 9.59 Å². The van der Waals surface area contributed by atoms with E-state index in [4.69, 9.17) is 4.74 Å². The molecule has 3 heteroatoms. The standard InChI is InChI=1S/C20H30O3/c1-13(2)18-9-8-14(3)6-5-7-15(4)10-17(21)11-16-12-19(18)23-20(16)22/h6,12-13,15,18-19H,5,7-11H2,1-4H3/b14-6-/t15?,18?,19-/m0/s1. The number of fused-ring (bicyclic) bond motifs is 1. The lowest BCUT2D eigenvalue weighted by Crippen LogP contribution is -2.25. The predicted octanol–water partition coefficient (Wildman–Crippen LogP) is 4.62. The third-order valence-corrected chi connectivity index (χ3v) is 5.14. The molecular weight excluding hydrogens is 288 g/mol.